The van der Waals surface area contributed by atoms with E-state index in [1.807, 2.05) is 19.9 Å². The van der Waals surface area contributed by atoms with Crippen molar-refractivity contribution < 1.29 is 14.3 Å². The lowest BCUT2D eigenvalue weighted by Gasteiger charge is -2.09. The average molecular weight is 365 g/mol. The van der Waals surface area contributed by atoms with Crippen molar-refractivity contribution in [1.82, 2.24) is 9.78 Å². The summed E-state index contributed by atoms with van der Waals surface area (Å²) in [6, 6.07) is 6.79. The molecule has 5 nitrogen and oxygen atoms in total. The Kier molecular flexibility index (Phi) is 4.39. The van der Waals surface area contributed by atoms with Crippen LogP contribution in [0.25, 0.3) is 17.1 Å². The number of furan rings is 1. The van der Waals surface area contributed by atoms with Crippen molar-refractivity contribution in [2.45, 2.75) is 20.3 Å². The molecule has 2 aromatic heterocycles. The summed E-state index contributed by atoms with van der Waals surface area (Å²) in [7, 11) is 0. The third-order valence-electron chi connectivity index (χ3n) is 3.64. The maximum absolute atomic E-state index is 11.6. The van der Waals surface area contributed by atoms with Crippen molar-refractivity contribution in [1.29, 1.82) is 0 Å². The van der Waals surface area contributed by atoms with E-state index < -0.39 is 5.97 Å². The van der Waals surface area contributed by atoms with Crippen LogP contribution >= 0.6 is 23.2 Å². The molecule has 0 aliphatic carbocycles. The molecule has 7 heteroatoms. The van der Waals surface area contributed by atoms with Crippen molar-refractivity contribution >= 4 is 29.2 Å². The number of rotatable bonds is 4. The number of aryl methyl sites for hydroxylation is 1. The van der Waals surface area contributed by atoms with Gasteiger partial charge in [0.1, 0.15) is 5.69 Å². The van der Waals surface area contributed by atoms with Crippen molar-refractivity contribution in [3.63, 3.8) is 0 Å². The second-order valence-corrected chi connectivity index (χ2v) is 6.17. The lowest BCUT2D eigenvalue weighted by atomic mass is 10.1. The lowest BCUT2D eigenvalue weighted by Crippen LogP contribution is -2.03. The Balaban J connectivity index is 2.34. The zero-order chi connectivity index (χ0) is 17.4. The van der Waals surface area contributed by atoms with Gasteiger partial charge in [0.15, 0.2) is 11.5 Å². The summed E-state index contributed by atoms with van der Waals surface area (Å²) in [4.78, 5) is 11.6. The van der Waals surface area contributed by atoms with E-state index in [2.05, 4.69) is 5.10 Å². The van der Waals surface area contributed by atoms with E-state index in [0.29, 0.717) is 39.2 Å². The average Bonchev–Trinajstić information content (AvgIpc) is 3.10. The first-order chi connectivity index (χ1) is 11.4. The minimum absolute atomic E-state index is 0.0208. The Morgan fingerprint density at radius 1 is 1.33 bits per heavy atom. The third kappa shape index (κ3) is 2.81. The molecule has 0 saturated carbocycles. The van der Waals surface area contributed by atoms with Crippen LogP contribution in [0.15, 0.2) is 34.9 Å². The van der Waals surface area contributed by atoms with E-state index in [9.17, 15) is 9.90 Å². The van der Waals surface area contributed by atoms with Crippen LogP contribution in [0.4, 0.5) is 0 Å². The largest absolute Gasteiger partial charge is 0.476 e. The topological polar surface area (TPSA) is 68.3 Å². The van der Waals surface area contributed by atoms with Gasteiger partial charge in [0, 0.05) is 10.6 Å². The van der Waals surface area contributed by atoms with Gasteiger partial charge in [-0.15, -0.1) is 0 Å². The number of aromatic nitrogens is 2. The highest BCUT2D eigenvalue weighted by Gasteiger charge is 2.26. The molecule has 0 saturated heterocycles. The molecule has 3 aromatic rings. The van der Waals surface area contributed by atoms with E-state index in [1.54, 1.807) is 24.5 Å². The van der Waals surface area contributed by atoms with Crippen molar-refractivity contribution in [2.75, 3.05) is 0 Å². The van der Waals surface area contributed by atoms with Crippen molar-refractivity contribution in [3.05, 3.63) is 57.4 Å². The zero-order valence-electron chi connectivity index (χ0n) is 13.0. The van der Waals surface area contributed by atoms with Crippen LogP contribution in [-0.4, -0.2) is 20.9 Å². The van der Waals surface area contributed by atoms with Crippen LogP contribution in [-0.2, 0) is 6.42 Å². The lowest BCUT2D eigenvalue weighted by molar-refractivity contribution is 0.0689. The van der Waals surface area contributed by atoms with Gasteiger partial charge in [-0.2, -0.15) is 5.10 Å². The van der Waals surface area contributed by atoms with Crippen LogP contribution in [0.3, 0.4) is 0 Å². The molecule has 0 atom stereocenters. The molecule has 1 aromatic carbocycles. The summed E-state index contributed by atoms with van der Waals surface area (Å²) in [6.07, 6.45) is 2.10. The first-order valence-corrected chi connectivity index (χ1v) is 8.04. The van der Waals surface area contributed by atoms with Gasteiger partial charge in [0.05, 0.1) is 17.0 Å². The van der Waals surface area contributed by atoms with Crippen LogP contribution < -0.4 is 0 Å². The van der Waals surface area contributed by atoms with Gasteiger partial charge in [0.25, 0.3) is 0 Å². The summed E-state index contributed by atoms with van der Waals surface area (Å²) >= 11 is 12.2. The first kappa shape index (κ1) is 16.6. The number of carboxylic acid groups (broad SMARTS) is 1. The van der Waals surface area contributed by atoms with Crippen molar-refractivity contribution in [2.24, 2.45) is 0 Å². The standard InChI is InChI=1S/C17H14Cl2N2O3/c1-3-11-15(17(22)23)20-21(13-5-4-10(18)7-12(13)19)16(11)14-6-9(2)8-24-14/h4-8H,3H2,1-2H3,(H,22,23). The number of carboxylic acids is 1. The highest BCUT2D eigenvalue weighted by molar-refractivity contribution is 6.35. The van der Waals surface area contributed by atoms with E-state index in [1.165, 1.54) is 4.68 Å². The highest BCUT2D eigenvalue weighted by Crippen LogP contribution is 2.34. The molecule has 24 heavy (non-hydrogen) atoms. The second-order valence-electron chi connectivity index (χ2n) is 5.33. The monoisotopic (exact) mass is 364 g/mol. The van der Waals surface area contributed by atoms with Gasteiger partial charge in [-0.3, -0.25) is 0 Å². The molecule has 0 bridgehead atoms. The number of nitrogens with zero attached hydrogens (tertiary/aromatic N) is 2. The van der Waals surface area contributed by atoms with Gasteiger partial charge in [-0.05, 0) is 43.2 Å². The van der Waals surface area contributed by atoms with Crippen LogP contribution in [0, 0.1) is 6.92 Å². The van der Waals surface area contributed by atoms with Crippen molar-refractivity contribution in [3.8, 4) is 17.1 Å². The fourth-order valence-electron chi connectivity index (χ4n) is 2.59. The minimum Gasteiger partial charge on any atom is -0.476 e. The smallest absolute Gasteiger partial charge is 0.356 e. The third-order valence-corrected chi connectivity index (χ3v) is 4.18. The molecule has 0 unspecified atom stereocenters. The molecule has 0 fully saturated rings. The van der Waals surface area contributed by atoms with Gasteiger partial charge in [-0.1, -0.05) is 30.1 Å². The Labute approximate surface area is 148 Å². The van der Waals surface area contributed by atoms with E-state index in [-0.39, 0.29) is 5.69 Å². The highest BCUT2D eigenvalue weighted by atomic mass is 35.5. The summed E-state index contributed by atoms with van der Waals surface area (Å²) in [5.74, 6) is -0.560. The number of hydrogen-bond donors (Lipinski definition) is 1. The second kappa shape index (κ2) is 6.34. The van der Waals surface area contributed by atoms with Gasteiger partial charge >= 0.3 is 5.97 Å². The van der Waals surface area contributed by atoms with Crippen LogP contribution in [0.5, 0.6) is 0 Å². The Bertz CT molecular complexity index is 928. The Hall–Kier alpha value is -2.24. The Morgan fingerprint density at radius 2 is 2.08 bits per heavy atom. The molecule has 0 spiro atoms. The first-order valence-electron chi connectivity index (χ1n) is 7.28. The molecular formula is C17H14Cl2N2O3. The predicted molar refractivity (Wildman–Crippen MR) is 92.4 cm³/mol. The molecule has 1 N–H and O–H groups in total. The molecule has 2 heterocycles. The summed E-state index contributed by atoms with van der Waals surface area (Å²) in [5, 5.41) is 14.6. The van der Waals surface area contributed by atoms with Gasteiger partial charge in [0.2, 0.25) is 0 Å². The fraction of sp³-hybridized carbons (Fsp3) is 0.176. The number of benzene rings is 1. The quantitative estimate of drug-likeness (QED) is 0.706. The van der Waals surface area contributed by atoms with Gasteiger partial charge in [-0.25, -0.2) is 9.48 Å². The molecule has 0 aliphatic heterocycles. The van der Waals surface area contributed by atoms with Gasteiger partial charge < -0.3 is 9.52 Å². The molecule has 0 radical (unpaired) electrons. The molecule has 0 aliphatic rings. The summed E-state index contributed by atoms with van der Waals surface area (Å²) in [6.45, 7) is 3.77. The summed E-state index contributed by atoms with van der Waals surface area (Å²) in [5.41, 5.74) is 2.61. The van der Waals surface area contributed by atoms with E-state index in [4.69, 9.17) is 27.6 Å². The van der Waals surface area contributed by atoms with E-state index >= 15 is 0 Å². The summed E-state index contributed by atoms with van der Waals surface area (Å²) < 4.78 is 7.09. The number of aromatic carboxylic acids is 1. The molecule has 3 rings (SSSR count). The molecule has 0 amide bonds. The maximum Gasteiger partial charge on any atom is 0.356 e. The minimum atomic E-state index is -1.10. The fourth-order valence-corrected chi connectivity index (χ4v) is 3.08. The van der Waals surface area contributed by atoms with Crippen LogP contribution in [0.1, 0.15) is 28.5 Å². The number of halogens is 2. The van der Waals surface area contributed by atoms with E-state index in [0.717, 1.165) is 5.56 Å². The Morgan fingerprint density at radius 3 is 2.62 bits per heavy atom. The SMILES string of the molecule is CCc1c(C(=O)O)nn(-c2ccc(Cl)cc2Cl)c1-c1cc(C)co1. The predicted octanol–water partition coefficient (Wildman–Crippen LogP) is 5.01. The number of carbonyl (C=O) groups is 1. The molecular weight excluding hydrogens is 351 g/mol. The zero-order valence-corrected chi connectivity index (χ0v) is 14.5. The number of hydrogen-bond acceptors (Lipinski definition) is 3. The maximum atomic E-state index is 11.6. The normalized spacial score (nSPS) is 11.0. The van der Waals surface area contributed by atoms with Crippen LogP contribution in [0.2, 0.25) is 10.0 Å². The molecule has 124 valence electrons.